The van der Waals surface area contributed by atoms with Crippen LogP contribution in [0.4, 0.5) is 0 Å². The fraction of sp³-hybridized carbons (Fsp3) is 0.857. The van der Waals surface area contributed by atoms with Crippen molar-refractivity contribution < 1.29 is 4.79 Å². The number of hydrogen-bond donors (Lipinski definition) is 1. The summed E-state index contributed by atoms with van der Waals surface area (Å²) in [5.41, 5.74) is 5.82. The molecule has 1 unspecified atom stereocenters. The summed E-state index contributed by atoms with van der Waals surface area (Å²) >= 11 is 5.11. The van der Waals surface area contributed by atoms with E-state index in [0.29, 0.717) is 11.4 Å². The third-order valence-electron chi connectivity index (χ3n) is 3.50. The lowest BCUT2D eigenvalue weighted by Crippen LogP contribution is -2.55. The van der Waals surface area contributed by atoms with Crippen molar-refractivity contribution >= 4 is 23.1 Å². The van der Waals surface area contributed by atoms with Gasteiger partial charge < -0.3 is 10.6 Å². The minimum atomic E-state index is 0.0546. The highest BCUT2D eigenvalue weighted by Crippen LogP contribution is 2.20. The number of carbonyl (C=O) groups excluding carboxylic acids is 1. The van der Waals surface area contributed by atoms with Gasteiger partial charge in [0.05, 0.1) is 11.0 Å². The topological polar surface area (TPSA) is 49.6 Å². The van der Waals surface area contributed by atoms with E-state index >= 15 is 0 Å². The molecular formula is C14H27N3OS. The molecule has 110 valence electrons. The van der Waals surface area contributed by atoms with Crippen molar-refractivity contribution in [3.05, 3.63) is 0 Å². The fourth-order valence-corrected chi connectivity index (χ4v) is 2.80. The van der Waals surface area contributed by atoms with E-state index in [4.69, 9.17) is 18.0 Å². The molecule has 1 aliphatic rings. The fourth-order valence-electron chi connectivity index (χ4n) is 2.49. The number of carbonyl (C=O) groups is 1. The van der Waals surface area contributed by atoms with Crippen LogP contribution in [0.5, 0.6) is 0 Å². The van der Waals surface area contributed by atoms with Gasteiger partial charge in [0.2, 0.25) is 5.91 Å². The molecule has 1 atom stereocenters. The van der Waals surface area contributed by atoms with Crippen LogP contribution in [0.25, 0.3) is 0 Å². The highest BCUT2D eigenvalue weighted by Gasteiger charge is 2.28. The molecule has 0 aliphatic carbocycles. The summed E-state index contributed by atoms with van der Waals surface area (Å²) in [6, 6.07) is 0.176. The molecule has 0 radical (unpaired) electrons. The largest absolute Gasteiger partial charge is 0.392 e. The maximum atomic E-state index is 12.2. The number of amides is 1. The van der Waals surface area contributed by atoms with Crippen LogP contribution in [0.15, 0.2) is 0 Å². The summed E-state index contributed by atoms with van der Waals surface area (Å²) < 4.78 is 0. The first-order valence-electron chi connectivity index (χ1n) is 7.05. The summed E-state index contributed by atoms with van der Waals surface area (Å²) in [5, 5.41) is 0. The number of thiocarbonyl (C=S) groups is 1. The zero-order valence-corrected chi connectivity index (χ0v) is 13.4. The van der Waals surface area contributed by atoms with Gasteiger partial charge in [-0.05, 0) is 11.8 Å². The second-order valence-electron chi connectivity index (χ2n) is 6.48. The van der Waals surface area contributed by atoms with E-state index in [9.17, 15) is 4.79 Å². The van der Waals surface area contributed by atoms with Crippen molar-refractivity contribution in [3.8, 4) is 0 Å². The SMILES string of the molecule is CCC(C(N)=S)N1CCN(C(=O)CC(C)(C)C)CC1. The van der Waals surface area contributed by atoms with Crippen LogP contribution < -0.4 is 5.73 Å². The summed E-state index contributed by atoms with van der Waals surface area (Å²) in [5.74, 6) is 0.260. The van der Waals surface area contributed by atoms with E-state index in [1.807, 2.05) is 4.90 Å². The second kappa shape index (κ2) is 6.66. The molecule has 1 heterocycles. The van der Waals surface area contributed by atoms with Gasteiger partial charge in [0.1, 0.15) is 0 Å². The van der Waals surface area contributed by atoms with Crippen LogP contribution in [0, 0.1) is 5.41 Å². The Balaban J connectivity index is 2.49. The van der Waals surface area contributed by atoms with Gasteiger partial charge in [0.25, 0.3) is 0 Å². The molecule has 0 saturated carbocycles. The molecule has 0 aromatic rings. The molecule has 1 aliphatic heterocycles. The van der Waals surface area contributed by atoms with Crippen LogP contribution in [-0.2, 0) is 4.79 Å². The van der Waals surface area contributed by atoms with Gasteiger partial charge in [0.15, 0.2) is 0 Å². The smallest absolute Gasteiger partial charge is 0.223 e. The standard InChI is InChI=1S/C14H27N3OS/c1-5-11(13(15)19)16-6-8-17(9-7-16)12(18)10-14(2,3)4/h11H,5-10H2,1-4H3,(H2,15,19). The maximum absolute atomic E-state index is 12.2. The third-order valence-corrected chi connectivity index (χ3v) is 3.78. The number of nitrogens with zero attached hydrogens (tertiary/aromatic N) is 2. The van der Waals surface area contributed by atoms with Gasteiger partial charge in [-0.2, -0.15) is 0 Å². The minimum absolute atomic E-state index is 0.0546. The molecule has 19 heavy (non-hydrogen) atoms. The number of nitrogens with two attached hydrogens (primary N) is 1. The Hall–Kier alpha value is -0.680. The molecule has 0 aromatic heterocycles. The molecule has 0 spiro atoms. The summed E-state index contributed by atoms with van der Waals surface area (Å²) in [6.45, 7) is 11.7. The molecule has 1 fully saturated rings. The van der Waals surface area contributed by atoms with Crippen LogP contribution >= 0.6 is 12.2 Å². The zero-order valence-electron chi connectivity index (χ0n) is 12.6. The average Bonchev–Trinajstić information content (AvgIpc) is 2.28. The predicted octanol–water partition coefficient (Wildman–Crippen LogP) is 1.63. The lowest BCUT2D eigenvalue weighted by Gasteiger charge is -2.39. The first-order chi connectivity index (χ1) is 8.74. The molecule has 1 rings (SSSR count). The Morgan fingerprint density at radius 1 is 1.26 bits per heavy atom. The van der Waals surface area contributed by atoms with Crippen molar-refractivity contribution in [2.24, 2.45) is 11.1 Å². The number of piperazine rings is 1. The lowest BCUT2D eigenvalue weighted by molar-refractivity contribution is -0.135. The van der Waals surface area contributed by atoms with Crippen molar-refractivity contribution in [2.45, 2.75) is 46.6 Å². The Bertz CT molecular complexity index is 330. The molecule has 2 N–H and O–H groups in total. The number of rotatable bonds is 4. The molecular weight excluding hydrogens is 258 g/mol. The van der Waals surface area contributed by atoms with Crippen molar-refractivity contribution in [1.82, 2.24) is 9.80 Å². The molecule has 1 saturated heterocycles. The van der Waals surface area contributed by atoms with E-state index in [1.54, 1.807) is 0 Å². The van der Waals surface area contributed by atoms with Crippen molar-refractivity contribution in [3.63, 3.8) is 0 Å². The van der Waals surface area contributed by atoms with Crippen LogP contribution in [-0.4, -0.2) is 52.9 Å². The lowest BCUT2D eigenvalue weighted by atomic mass is 9.91. The van der Waals surface area contributed by atoms with Crippen LogP contribution in [0.3, 0.4) is 0 Å². The quantitative estimate of drug-likeness (QED) is 0.798. The number of hydrogen-bond acceptors (Lipinski definition) is 3. The monoisotopic (exact) mass is 285 g/mol. The Morgan fingerprint density at radius 3 is 2.16 bits per heavy atom. The Morgan fingerprint density at radius 2 is 1.79 bits per heavy atom. The van der Waals surface area contributed by atoms with E-state index in [1.165, 1.54) is 0 Å². The van der Waals surface area contributed by atoms with Crippen LogP contribution in [0.1, 0.15) is 40.5 Å². The maximum Gasteiger partial charge on any atom is 0.223 e. The van der Waals surface area contributed by atoms with Crippen LogP contribution in [0.2, 0.25) is 0 Å². The van der Waals surface area contributed by atoms with Gasteiger partial charge in [-0.3, -0.25) is 9.69 Å². The predicted molar refractivity (Wildman–Crippen MR) is 83.1 cm³/mol. The molecule has 1 amide bonds. The molecule has 4 nitrogen and oxygen atoms in total. The Kier molecular flexibility index (Phi) is 5.74. The van der Waals surface area contributed by atoms with Gasteiger partial charge in [-0.1, -0.05) is 39.9 Å². The average molecular weight is 285 g/mol. The highest BCUT2D eigenvalue weighted by molar-refractivity contribution is 7.80. The molecule has 0 aromatic carbocycles. The first kappa shape index (κ1) is 16.4. The summed E-state index contributed by atoms with van der Waals surface area (Å²) in [6.07, 6.45) is 1.55. The van der Waals surface area contributed by atoms with Crippen molar-refractivity contribution in [2.75, 3.05) is 26.2 Å². The minimum Gasteiger partial charge on any atom is -0.392 e. The van der Waals surface area contributed by atoms with Gasteiger partial charge in [0, 0.05) is 32.6 Å². The third kappa shape index (κ3) is 5.07. The van der Waals surface area contributed by atoms with Crippen molar-refractivity contribution in [1.29, 1.82) is 0 Å². The summed E-state index contributed by atoms with van der Waals surface area (Å²) in [7, 11) is 0. The summed E-state index contributed by atoms with van der Waals surface area (Å²) in [4.78, 5) is 17.0. The van der Waals surface area contributed by atoms with E-state index in [0.717, 1.165) is 32.6 Å². The van der Waals surface area contributed by atoms with E-state index in [-0.39, 0.29) is 17.4 Å². The normalized spacial score (nSPS) is 19.3. The van der Waals surface area contributed by atoms with Gasteiger partial charge in [-0.15, -0.1) is 0 Å². The zero-order chi connectivity index (χ0) is 14.6. The van der Waals surface area contributed by atoms with E-state index in [2.05, 4.69) is 32.6 Å². The van der Waals surface area contributed by atoms with E-state index < -0.39 is 0 Å². The highest BCUT2D eigenvalue weighted by atomic mass is 32.1. The van der Waals surface area contributed by atoms with Gasteiger partial charge >= 0.3 is 0 Å². The first-order valence-corrected chi connectivity index (χ1v) is 7.46. The molecule has 5 heteroatoms. The molecule has 0 bridgehead atoms. The Labute approximate surface area is 122 Å². The van der Waals surface area contributed by atoms with Gasteiger partial charge in [-0.25, -0.2) is 0 Å². The second-order valence-corrected chi connectivity index (χ2v) is 6.95.